The number of anilines is 3. The fraction of sp³-hybridized carbons (Fsp3) is 0.147. The van der Waals surface area contributed by atoms with Crippen molar-refractivity contribution in [2.45, 2.75) is 66.2 Å². The van der Waals surface area contributed by atoms with Crippen molar-refractivity contribution in [3.63, 3.8) is 0 Å². The highest BCUT2D eigenvalue weighted by molar-refractivity contribution is 6.20. The molecule has 0 saturated heterocycles. The number of benzene rings is 10. The fourth-order valence-electron chi connectivity index (χ4n) is 12.1. The lowest BCUT2D eigenvalue weighted by Crippen LogP contribution is -2.17. The molecule has 0 fully saturated rings. The summed E-state index contributed by atoms with van der Waals surface area (Å²) in [6, 6.07) is 76.3. The molecule has 0 bridgehead atoms. The largest absolute Gasteiger partial charge is 0.456 e. The summed E-state index contributed by atoms with van der Waals surface area (Å²) >= 11 is 0. The Kier molecular flexibility index (Phi) is 10.4. The van der Waals surface area contributed by atoms with Crippen LogP contribution < -0.4 is 4.90 Å². The first-order chi connectivity index (χ1) is 34.8. The van der Waals surface area contributed by atoms with Gasteiger partial charge in [-0.05, 0) is 122 Å². The summed E-state index contributed by atoms with van der Waals surface area (Å²) in [5.41, 5.74) is 21.3. The lowest BCUT2D eigenvalue weighted by atomic mass is 9.82. The molecule has 3 nitrogen and oxygen atoms in total. The summed E-state index contributed by atoms with van der Waals surface area (Å²) in [7, 11) is 0. The Morgan fingerprint density at radius 1 is 0.408 bits per heavy atom. The first-order valence-corrected chi connectivity index (χ1v) is 25.5. The first kappa shape index (κ1) is 44.1. The summed E-state index contributed by atoms with van der Waals surface area (Å²) in [4.78, 5) is 2.52. The van der Waals surface area contributed by atoms with Crippen molar-refractivity contribution in [3.8, 4) is 39.1 Å². The van der Waals surface area contributed by atoms with Crippen LogP contribution in [0.25, 0.3) is 93.6 Å². The topological polar surface area (TPSA) is 21.3 Å². The Morgan fingerprint density at radius 2 is 1.03 bits per heavy atom. The lowest BCUT2D eigenvalue weighted by Gasteiger charge is -2.31. The van der Waals surface area contributed by atoms with Crippen molar-refractivity contribution >= 4 is 71.6 Å². The maximum absolute atomic E-state index is 6.83. The van der Waals surface area contributed by atoms with Gasteiger partial charge >= 0.3 is 0 Å². The summed E-state index contributed by atoms with van der Waals surface area (Å²) in [5.74, 6) is 0. The van der Waals surface area contributed by atoms with Gasteiger partial charge in [0.15, 0.2) is 0 Å². The molecule has 0 spiro atoms. The van der Waals surface area contributed by atoms with E-state index in [1.54, 1.807) is 0 Å². The van der Waals surface area contributed by atoms with Gasteiger partial charge in [-0.1, -0.05) is 195 Å². The fourth-order valence-corrected chi connectivity index (χ4v) is 12.1. The van der Waals surface area contributed by atoms with Gasteiger partial charge in [-0.25, -0.2) is 0 Å². The third kappa shape index (κ3) is 6.49. The number of para-hydroxylation sites is 1. The number of hydrogen-bond donors (Lipinski definition) is 0. The SMILES string of the molecule is CC.CC.CC1(C)c2ccccc2-c2ccc(N(c3cccc4c3-c3ccccc3C4(C)C)c3cccc4oc5ccc(-c6ccc7c(c6)c6ccc8ccccc8c6n7-c6ccccc6)cc5c34)cc21. The Bertz CT molecular complexity index is 4050. The molecule has 0 radical (unpaired) electrons. The van der Waals surface area contributed by atoms with Gasteiger partial charge in [-0.3, -0.25) is 0 Å². The van der Waals surface area contributed by atoms with Crippen LogP contribution in [0.15, 0.2) is 211 Å². The van der Waals surface area contributed by atoms with Gasteiger partial charge in [-0.15, -0.1) is 0 Å². The maximum Gasteiger partial charge on any atom is 0.137 e. The third-order valence-corrected chi connectivity index (χ3v) is 15.4. The molecule has 0 amide bonds. The summed E-state index contributed by atoms with van der Waals surface area (Å²) in [6.07, 6.45) is 0. The summed E-state index contributed by atoms with van der Waals surface area (Å²) < 4.78 is 9.26. The minimum Gasteiger partial charge on any atom is -0.456 e. The average molecular weight is 919 g/mol. The molecule has 14 rings (SSSR count). The van der Waals surface area contributed by atoms with Crippen LogP contribution in [0.4, 0.5) is 17.1 Å². The van der Waals surface area contributed by atoms with Gasteiger partial charge in [0.1, 0.15) is 11.2 Å². The first-order valence-electron chi connectivity index (χ1n) is 25.5. The Labute approximate surface area is 417 Å². The number of aromatic nitrogens is 1. The molecule has 2 aliphatic carbocycles. The molecule has 0 unspecified atom stereocenters. The highest BCUT2D eigenvalue weighted by atomic mass is 16.3. The highest BCUT2D eigenvalue weighted by Gasteiger charge is 2.39. The number of rotatable bonds is 5. The van der Waals surface area contributed by atoms with Gasteiger partial charge in [-0.2, -0.15) is 0 Å². The molecular weight excluding hydrogens is 861 g/mol. The van der Waals surface area contributed by atoms with Crippen LogP contribution in [-0.2, 0) is 10.8 Å². The molecule has 10 aromatic carbocycles. The molecule has 3 heteroatoms. The number of hydrogen-bond acceptors (Lipinski definition) is 2. The molecule has 2 aromatic heterocycles. The van der Waals surface area contributed by atoms with E-state index in [4.69, 9.17) is 4.42 Å². The van der Waals surface area contributed by atoms with E-state index in [0.717, 1.165) is 50.3 Å². The smallest absolute Gasteiger partial charge is 0.137 e. The van der Waals surface area contributed by atoms with E-state index in [0.29, 0.717) is 0 Å². The van der Waals surface area contributed by atoms with Crippen LogP contribution in [0.3, 0.4) is 0 Å². The Morgan fingerprint density at radius 3 is 1.83 bits per heavy atom. The molecule has 12 aromatic rings. The molecule has 346 valence electrons. The van der Waals surface area contributed by atoms with Crippen LogP contribution in [-0.4, -0.2) is 4.57 Å². The van der Waals surface area contributed by atoms with Crippen molar-refractivity contribution in [1.29, 1.82) is 0 Å². The molecule has 0 aliphatic heterocycles. The molecular formula is C68H58N2O. The van der Waals surface area contributed by atoms with Gasteiger partial charge in [0, 0.05) is 49.3 Å². The number of nitrogens with zero attached hydrogens (tertiary/aromatic N) is 2. The van der Waals surface area contributed by atoms with Crippen LogP contribution in [0.5, 0.6) is 0 Å². The second kappa shape index (κ2) is 16.8. The van der Waals surface area contributed by atoms with Gasteiger partial charge in [0.2, 0.25) is 0 Å². The minimum atomic E-state index is -0.161. The zero-order chi connectivity index (χ0) is 48.8. The van der Waals surface area contributed by atoms with E-state index in [9.17, 15) is 0 Å². The van der Waals surface area contributed by atoms with E-state index in [1.165, 1.54) is 82.6 Å². The quantitative estimate of drug-likeness (QED) is 0.172. The van der Waals surface area contributed by atoms with Crippen molar-refractivity contribution < 1.29 is 4.42 Å². The van der Waals surface area contributed by atoms with Gasteiger partial charge < -0.3 is 13.9 Å². The predicted molar refractivity (Wildman–Crippen MR) is 304 cm³/mol. The second-order valence-electron chi connectivity index (χ2n) is 19.7. The van der Waals surface area contributed by atoms with E-state index in [-0.39, 0.29) is 10.8 Å². The summed E-state index contributed by atoms with van der Waals surface area (Å²) in [6.45, 7) is 17.5. The molecule has 2 heterocycles. The van der Waals surface area contributed by atoms with Crippen LogP contribution >= 0.6 is 0 Å². The molecule has 2 aliphatic rings. The zero-order valence-corrected chi connectivity index (χ0v) is 41.9. The van der Waals surface area contributed by atoms with E-state index in [2.05, 4.69) is 243 Å². The van der Waals surface area contributed by atoms with Crippen molar-refractivity contribution in [1.82, 2.24) is 4.57 Å². The third-order valence-electron chi connectivity index (χ3n) is 15.4. The van der Waals surface area contributed by atoms with Crippen LogP contribution in [0.1, 0.15) is 77.6 Å². The van der Waals surface area contributed by atoms with E-state index < -0.39 is 0 Å². The van der Waals surface area contributed by atoms with Crippen LogP contribution in [0, 0.1) is 0 Å². The number of furan rings is 1. The highest BCUT2D eigenvalue weighted by Crippen LogP contribution is 2.57. The molecule has 0 N–H and O–H groups in total. The van der Waals surface area contributed by atoms with E-state index in [1.807, 2.05) is 27.7 Å². The van der Waals surface area contributed by atoms with Crippen molar-refractivity contribution in [2.24, 2.45) is 0 Å². The van der Waals surface area contributed by atoms with Crippen molar-refractivity contribution in [2.75, 3.05) is 4.90 Å². The van der Waals surface area contributed by atoms with Gasteiger partial charge in [0.05, 0.1) is 27.8 Å². The second-order valence-corrected chi connectivity index (χ2v) is 19.7. The van der Waals surface area contributed by atoms with Crippen LogP contribution in [0.2, 0.25) is 0 Å². The monoisotopic (exact) mass is 918 g/mol. The zero-order valence-electron chi connectivity index (χ0n) is 41.9. The molecule has 0 atom stereocenters. The van der Waals surface area contributed by atoms with E-state index >= 15 is 0 Å². The molecule has 0 saturated carbocycles. The lowest BCUT2D eigenvalue weighted by molar-refractivity contribution is 0.660. The Hall–Kier alpha value is -8.14. The normalized spacial score (nSPS) is 13.6. The molecule has 71 heavy (non-hydrogen) atoms. The predicted octanol–water partition coefficient (Wildman–Crippen LogP) is 19.6. The average Bonchev–Trinajstić information content (AvgIpc) is 4.11. The minimum absolute atomic E-state index is 0.153. The van der Waals surface area contributed by atoms with Crippen molar-refractivity contribution in [3.05, 3.63) is 229 Å². The number of fused-ring (bicyclic) bond motifs is 14. The van der Waals surface area contributed by atoms with Gasteiger partial charge in [0.25, 0.3) is 0 Å². The maximum atomic E-state index is 6.83. The summed E-state index contributed by atoms with van der Waals surface area (Å²) in [5, 5.41) is 7.14. The standard InChI is InChI=1S/C64H46N2O.2C2H6/c1-63(2)52-23-13-11-21-48(52)60-53(63)24-14-25-56(60)65(43-31-33-46-45-20-10-12-22-51(45)64(3,4)54(46)38-43)57-26-15-27-59-61(57)50-37-41(30-35-58(50)67-59)40-29-34-55-49(36-40)47-32-28-39-16-8-9-19-44(39)62(47)66(55)42-17-6-5-7-18-42;2*1-2/h5-38H,1-4H3;2*1-2H3. The Balaban J connectivity index is 0.00000126.